The van der Waals surface area contributed by atoms with Gasteiger partial charge in [0, 0.05) is 12.1 Å². The number of ether oxygens (including phenoxy) is 1. The van der Waals surface area contributed by atoms with Crippen molar-refractivity contribution in [2.75, 3.05) is 6.61 Å². The summed E-state index contributed by atoms with van der Waals surface area (Å²) in [6.45, 7) is 4.68. The molecule has 0 spiro atoms. The van der Waals surface area contributed by atoms with Crippen molar-refractivity contribution in [2.24, 2.45) is 5.73 Å². The highest BCUT2D eigenvalue weighted by Gasteiger charge is 2.08. The first kappa shape index (κ1) is 16.2. The summed E-state index contributed by atoms with van der Waals surface area (Å²) >= 11 is 0. The van der Waals surface area contributed by atoms with Crippen LogP contribution in [-0.2, 0) is 6.42 Å². The van der Waals surface area contributed by atoms with E-state index in [4.69, 9.17) is 10.5 Å². The highest BCUT2D eigenvalue weighted by molar-refractivity contribution is 5.85. The molecule has 0 saturated heterocycles. The number of nitrogens with two attached hydrogens (primary N) is 1. The second-order valence-corrected chi connectivity index (χ2v) is 3.97. The highest BCUT2D eigenvalue weighted by atomic mass is 35.5. The second kappa shape index (κ2) is 8.31. The minimum Gasteiger partial charge on any atom is -0.493 e. The first-order valence-corrected chi connectivity index (χ1v) is 5.84. The molecule has 1 atom stereocenters. The van der Waals surface area contributed by atoms with Gasteiger partial charge < -0.3 is 10.5 Å². The fourth-order valence-electron chi connectivity index (χ4n) is 1.47. The smallest absolute Gasteiger partial charge is 0.126 e. The van der Waals surface area contributed by atoms with Crippen LogP contribution < -0.4 is 10.5 Å². The van der Waals surface area contributed by atoms with Gasteiger partial charge >= 0.3 is 0 Å². The quantitative estimate of drug-likeness (QED) is 0.853. The Morgan fingerprint density at radius 2 is 2.06 bits per heavy atom. The van der Waals surface area contributed by atoms with Gasteiger partial charge in [0.15, 0.2) is 0 Å². The fourth-order valence-corrected chi connectivity index (χ4v) is 1.47. The number of rotatable bonds is 6. The van der Waals surface area contributed by atoms with Crippen LogP contribution in [0.3, 0.4) is 0 Å². The maximum atomic E-state index is 13.1. The predicted octanol–water partition coefficient (Wildman–Crippen LogP) is 3.32. The van der Waals surface area contributed by atoms with Crippen LogP contribution in [0.4, 0.5) is 4.39 Å². The third-order valence-corrected chi connectivity index (χ3v) is 2.50. The number of hydrogen-bond donors (Lipinski definition) is 1. The lowest BCUT2D eigenvalue weighted by Gasteiger charge is -2.14. The molecule has 4 heteroatoms. The average Bonchev–Trinajstić information content (AvgIpc) is 2.29. The van der Waals surface area contributed by atoms with Gasteiger partial charge in [-0.3, -0.25) is 0 Å². The minimum atomic E-state index is -0.264. The predicted molar refractivity (Wildman–Crippen MR) is 71.4 cm³/mol. The van der Waals surface area contributed by atoms with E-state index < -0.39 is 0 Å². The van der Waals surface area contributed by atoms with E-state index >= 15 is 0 Å². The molecule has 1 aromatic carbocycles. The third-order valence-electron chi connectivity index (χ3n) is 2.50. The van der Waals surface area contributed by atoms with Gasteiger partial charge in [0.05, 0.1) is 6.61 Å². The molecule has 2 nitrogen and oxygen atoms in total. The molecule has 0 bridgehead atoms. The van der Waals surface area contributed by atoms with Crippen LogP contribution in [0.1, 0.15) is 32.3 Å². The van der Waals surface area contributed by atoms with Gasteiger partial charge in [-0.15, -0.1) is 12.4 Å². The molecular formula is C13H21ClFNO. The van der Waals surface area contributed by atoms with E-state index in [0.717, 1.165) is 24.8 Å². The van der Waals surface area contributed by atoms with Gasteiger partial charge in [0.25, 0.3) is 0 Å². The van der Waals surface area contributed by atoms with Crippen molar-refractivity contribution in [3.05, 3.63) is 29.6 Å². The Labute approximate surface area is 109 Å². The van der Waals surface area contributed by atoms with E-state index in [0.29, 0.717) is 12.4 Å². The molecule has 0 heterocycles. The molecule has 2 N–H and O–H groups in total. The summed E-state index contributed by atoms with van der Waals surface area (Å²) in [5.74, 6) is 0.366. The summed E-state index contributed by atoms with van der Waals surface area (Å²) < 4.78 is 18.6. The Bertz CT molecular complexity index is 333. The van der Waals surface area contributed by atoms with Gasteiger partial charge in [-0.05, 0) is 30.9 Å². The van der Waals surface area contributed by atoms with E-state index in [1.807, 2.05) is 13.8 Å². The van der Waals surface area contributed by atoms with Crippen LogP contribution in [0.25, 0.3) is 0 Å². The molecule has 1 unspecified atom stereocenters. The Morgan fingerprint density at radius 3 is 2.65 bits per heavy atom. The van der Waals surface area contributed by atoms with E-state index in [1.165, 1.54) is 12.1 Å². The summed E-state index contributed by atoms with van der Waals surface area (Å²) in [4.78, 5) is 0. The van der Waals surface area contributed by atoms with Gasteiger partial charge in [0.2, 0.25) is 0 Å². The first-order chi connectivity index (χ1) is 7.67. The van der Waals surface area contributed by atoms with Crippen LogP contribution >= 0.6 is 12.4 Å². The van der Waals surface area contributed by atoms with E-state index in [-0.39, 0.29) is 24.3 Å². The molecule has 0 aliphatic heterocycles. The average molecular weight is 262 g/mol. The molecule has 0 radical (unpaired) electrons. The lowest BCUT2D eigenvalue weighted by Crippen LogP contribution is -2.21. The van der Waals surface area contributed by atoms with Crippen molar-refractivity contribution >= 4 is 12.4 Å². The number of benzene rings is 1. The summed E-state index contributed by atoms with van der Waals surface area (Å²) in [6.07, 6.45) is 2.55. The monoisotopic (exact) mass is 261 g/mol. The normalized spacial score (nSPS) is 11.8. The Kier molecular flexibility index (Phi) is 7.92. The van der Waals surface area contributed by atoms with Gasteiger partial charge in [-0.2, -0.15) is 0 Å². The molecule has 0 saturated carbocycles. The largest absolute Gasteiger partial charge is 0.493 e. The lowest BCUT2D eigenvalue weighted by atomic mass is 10.0. The molecule has 0 amide bonds. The van der Waals surface area contributed by atoms with E-state index in [2.05, 4.69) is 0 Å². The lowest BCUT2D eigenvalue weighted by molar-refractivity contribution is 0.311. The molecule has 98 valence electrons. The Hall–Kier alpha value is -0.800. The topological polar surface area (TPSA) is 35.2 Å². The number of hydrogen-bond acceptors (Lipinski definition) is 2. The van der Waals surface area contributed by atoms with Crippen molar-refractivity contribution in [3.63, 3.8) is 0 Å². The summed E-state index contributed by atoms with van der Waals surface area (Å²) in [6, 6.07) is 4.76. The molecule has 0 fully saturated rings. The van der Waals surface area contributed by atoms with E-state index in [9.17, 15) is 4.39 Å². The maximum absolute atomic E-state index is 13.1. The van der Waals surface area contributed by atoms with Gasteiger partial charge in [-0.25, -0.2) is 4.39 Å². The molecular weight excluding hydrogens is 241 g/mol. The maximum Gasteiger partial charge on any atom is 0.126 e. The van der Waals surface area contributed by atoms with Crippen molar-refractivity contribution in [3.8, 4) is 5.75 Å². The van der Waals surface area contributed by atoms with Gasteiger partial charge in [-0.1, -0.05) is 19.9 Å². The van der Waals surface area contributed by atoms with Crippen molar-refractivity contribution in [2.45, 2.75) is 39.2 Å². The highest BCUT2D eigenvalue weighted by Crippen LogP contribution is 2.21. The zero-order valence-corrected chi connectivity index (χ0v) is 11.2. The SMILES string of the molecule is CCCOc1cc(F)ccc1CC(N)CC.Cl. The van der Waals surface area contributed by atoms with Crippen molar-refractivity contribution in [1.82, 2.24) is 0 Å². The minimum absolute atomic E-state index is 0. The molecule has 17 heavy (non-hydrogen) atoms. The Morgan fingerprint density at radius 1 is 1.35 bits per heavy atom. The third kappa shape index (κ3) is 5.37. The van der Waals surface area contributed by atoms with Crippen LogP contribution in [0.15, 0.2) is 18.2 Å². The standard InChI is InChI=1S/C13H20FNO.ClH/c1-3-7-16-13-9-11(14)6-5-10(13)8-12(15)4-2;/h5-6,9,12H,3-4,7-8,15H2,1-2H3;1H. The zero-order chi connectivity index (χ0) is 12.0. The molecule has 1 aromatic rings. The fraction of sp³-hybridized carbons (Fsp3) is 0.538. The molecule has 0 aromatic heterocycles. The number of halogens is 2. The summed E-state index contributed by atoms with van der Waals surface area (Å²) in [7, 11) is 0. The first-order valence-electron chi connectivity index (χ1n) is 5.84. The second-order valence-electron chi connectivity index (χ2n) is 3.97. The summed E-state index contributed by atoms with van der Waals surface area (Å²) in [5.41, 5.74) is 6.88. The Balaban J connectivity index is 0.00000256. The summed E-state index contributed by atoms with van der Waals surface area (Å²) in [5, 5.41) is 0. The molecule has 1 rings (SSSR count). The van der Waals surface area contributed by atoms with Crippen molar-refractivity contribution < 1.29 is 9.13 Å². The van der Waals surface area contributed by atoms with Crippen LogP contribution in [0.5, 0.6) is 5.75 Å². The van der Waals surface area contributed by atoms with Crippen LogP contribution in [-0.4, -0.2) is 12.6 Å². The van der Waals surface area contributed by atoms with Crippen LogP contribution in [0, 0.1) is 5.82 Å². The zero-order valence-electron chi connectivity index (χ0n) is 10.4. The van der Waals surface area contributed by atoms with Crippen molar-refractivity contribution in [1.29, 1.82) is 0 Å². The van der Waals surface area contributed by atoms with E-state index in [1.54, 1.807) is 6.07 Å². The molecule has 0 aliphatic rings. The van der Waals surface area contributed by atoms with Gasteiger partial charge in [0.1, 0.15) is 11.6 Å². The molecule has 0 aliphatic carbocycles. The van der Waals surface area contributed by atoms with Crippen LogP contribution in [0.2, 0.25) is 0 Å².